The first-order chi connectivity index (χ1) is 8.83. The van der Waals surface area contributed by atoms with Gasteiger partial charge in [-0.15, -0.1) is 0 Å². The van der Waals surface area contributed by atoms with Crippen molar-refractivity contribution < 1.29 is 30.0 Å². The molecule has 0 heterocycles. The lowest BCUT2D eigenvalue weighted by molar-refractivity contribution is -0.137. The van der Waals surface area contributed by atoms with Crippen LogP contribution in [0.15, 0.2) is 23.1 Å². The summed E-state index contributed by atoms with van der Waals surface area (Å²) in [7, 11) is -7.57. The molecule has 0 spiro atoms. The van der Waals surface area contributed by atoms with Gasteiger partial charge >= 0.3 is 6.18 Å². The van der Waals surface area contributed by atoms with Crippen LogP contribution in [0, 0.1) is 0 Å². The molecule has 0 saturated carbocycles. The number of nitrogens with two attached hydrogens (primary N) is 1. The third-order valence-electron chi connectivity index (χ3n) is 2.40. The summed E-state index contributed by atoms with van der Waals surface area (Å²) in [6.07, 6.45) is -3.78. The molecular weight excluding hydrogens is 319 g/mol. The van der Waals surface area contributed by atoms with Gasteiger partial charge in [0.25, 0.3) is 0 Å². The minimum atomic E-state index is -4.64. The van der Waals surface area contributed by atoms with Gasteiger partial charge in [-0.3, -0.25) is 0 Å². The summed E-state index contributed by atoms with van der Waals surface area (Å²) >= 11 is 0. The van der Waals surface area contributed by atoms with Crippen LogP contribution in [0.5, 0.6) is 0 Å². The molecular formula is C10H12F3NO4S2. The fourth-order valence-corrected chi connectivity index (χ4v) is 4.38. The van der Waals surface area contributed by atoms with Crippen LogP contribution in [0.25, 0.3) is 0 Å². The Kier molecular flexibility index (Phi) is 4.39. The lowest BCUT2D eigenvalue weighted by atomic mass is 10.2. The van der Waals surface area contributed by atoms with Gasteiger partial charge in [0.05, 0.1) is 27.7 Å². The number of alkyl halides is 3. The number of nitrogen functional groups attached to an aromatic ring is 1. The molecule has 10 heteroatoms. The van der Waals surface area contributed by atoms with Crippen molar-refractivity contribution in [3.8, 4) is 0 Å². The zero-order valence-corrected chi connectivity index (χ0v) is 11.9. The molecule has 0 aliphatic carbocycles. The molecule has 0 amide bonds. The van der Waals surface area contributed by atoms with Gasteiger partial charge in [0.2, 0.25) is 0 Å². The Hall–Kier alpha value is -1.29. The van der Waals surface area contributed by atoms with Crippen LogP contribution in [-0.2, 0) is 25.9 Å². The third-order valence-corrected chi connectivity index (χ3v) is 5.38. The number of hydrogen-bond donors (Lipinski definition) is 1. The fraction of sp³-hybridized carbons (Fsp3) is 0.400. The predicted octanol–water partition coefficient (Wildman–Crippen LogP) is 1.11. The van der Waals surface area contributed by atoms with Crippen molar-refractivity contribution >= 4 is 25.4 Å². The van der Waals surface area contributed by atoms with Gasteiger partial charge in [-0.05, 0) is 18.2 Å². The Morgan fingerprint density at radius 1 is 1.10 bits per heavy atom. The van der Waals surface area contributed by atoms with E-state index >= 15 is 0 Å². The van der Waals surface area contributed by atoms with E-state index in [0.717, 1.165) is 12.3 Å². The smallest absolute Gasteiger partial charge is 0.398 e. The molecule has 2 N–H and O–H groups in total. The van der Waals surface area contributed by atoms with Gasteiger partial charge in [-0.1, -0.05) is 0 Å². The van der Waals surface area contributed by atoms with Crippen LogP contribution in [0.3, 0.4) is 0 Å². The summed E-state index contributed by atoms with van der Waals surface area (Å²) in [5.41, 5.74) is 3.68. The largest absolute Gasteiger partial charge is 0.416 e. The molecule has 0 atom stereocenters. The minimum Gasteiger partial charge on any atom is -0.398 e. The maximum absolute atomic E-state index is 12.4. The minimum absolute atomic E-state index is 0.505. The highest BCUT2D eigenvalue weighted by Gasteiger charge is 2.32. The average molecular weight is 331 g/mol. The normalized spacial score (nSPS) is 13.4. The molecule has 0 bridgehead atoms. The van der Waals surface area contributed by atoms with Crippen molar-refractivity contribution in [2.24, 2.45) is 0 Å². The molecule has 20 heavy (non-hydrogen) atoms. The van der Waals surface area contributed by atoms with Gasteiger partial charge in [0.1, 0.15) is 9.84 Å². The number of benzene rings is 1. The van der Waals surface area contributed by atoms with E-state index in [-0.39, 0.29) is 0 Å². The lowest BCUT2D eigenvalue weighted by Gasteiger charge is -2.11. The summed E-state index contributed by atoms with van der Waals surface area (Å²) in [6.45, 7) is 0. The molecule has 5 nitrogen and oxygen atoms in total. The van der Waals surface area contributed by atoms with Crippen molar-refractivity contribution in [1.29, 1.82) is 0 Å². The number of rotatable bonds is 4. The number of hydrogen-bond acceptors (Lipinski definition) is 5. The van der Waals surface area contributed by atoms with Crippen LogP contribution in [0.2, 0.25) is 0 Å². The van der Waals surface area contributed by atoms with Crippen molar-refractivity contribution in [2.45, 2.75) is 11.1 Å². The van der Waals surface area contributed by atoms with E-state index in [1.807, 2.05) is 0 Å². The molecule has 1 aromatic rings. The Balaban J connectivity index is 3.15. The number of anilines is 1. The van der Waals surface area contributed by atoms with Crippen molar-refractivity contribution in [3.63, 3.8) is 0 Å². The van der Waals surface area contributed by atoms with E-state index in [4.69, 9.17) is 5.73 Å². The number of sulfone groups is 2. The molecule has 0 aliphatic heterocycles. The fourth-order valence-electron chi connectivity index (χ4n) is 1.38. The Labute approximate surface area is 114 Å². The summed E-state index contributed by atoms with van der Waals surface area (Å²) in [4.78, 5) is -0.505. The Bertz CT molecular complexity index is 709. The zero-order valence-electron chi connectivity index (χ0n) is 10.3. The SMILES string of the molecule is CS(=O)(=O)CCS(=O)(=O)c1ccc(C(F)(F)F)cc1N. The zero-order chi connectivity index (χ0) is 15.8. The first-order valence-corrected chi connectivity index (χ1v) is 8.91. The molecule has 0 aliphatic rings. The summed E-state index contributed by atoms with van der Waals surface area (Å²) < 4.78 is 82.8. The molecule has 114 valence electrons. The van der Waals surface area contributed by atoms with Gasteiger partial charge in [0.15, 0.2) is 9.84 Å². The Morgan fingerprint density at radius 3 is 2.05 bits per heavy atom. The lowest BCUT2D eigenvalue weighted by Crippen LogP contribution is -2.18. The molecule has 1 rings (SSSR count). The topological polar surface area (TPSA) is 94.3 Å². The van der Waals surface area contributed by atoms with Crippen molar-refractivity contribution in [1.82, 2.24) is 0 Å². The van der Waals surface area contributed by atoms with Crippen molar-refractivity contribution in [3.05, 3.63) is 23.8 Å². The average Bonchev–Trinajstić information content (AvgIpc) is 2.24. The summed E-state index contributed by atoms with van der Waals surface area (Å²) in [5.74, 6) is -1.36. The quantitative estimate of drug-likeness (QED) is 0.834. The van der Waals surface area contributed by atoms with Crippen LogP contribution >= 0.6 is 0 Å². The van der Waals surface area contributed by atoms with E-state index < -0.39 is 53.5 Å². The van der Waals surface area contributed by atoms with Gasteiger partial charge in [-0.2, -0.15) is 13.2 Å². The highest BCUT2D eigenvalue weighted by Crippen LogP contribution is 2.32. The van der Waals surface area contributed by atoms with Crippen LogP contribution in [-0.4, -0.2) is 34.6 Å². The van der Waals surface area contributed by atoms with E-state index in [1.165, 1.54) is 0 Å². The Morgan fingerprint density at radius 2 is 1.65 bits per heavy atom. The molecule has 0 aromatic heterocycles. The van der Waals surface area contributed by atoms with Gasteiger partial charge < -0.3 is 5.73 Å². The van der Waals surface area contributed by atoms with Gasteiger partial charge in [-0.25, -0.2) is 16.8 Å². The monoisotopic (exact) mass is 331 g/mol. The van der Waals surface area contributed by atoms with E-state index in [0.29, 0.717) is 12.1 Å². The van der Waals surface area contributed by atoms with Crippen LogP contribution in [0.1, 0.15) is 5.56 Å². The maximum atomic E-state index is 12.4. The molecule has 0 unspecified atom stereocenters. The predicted molar refractivity (Wildman–Crippen MR) is 67.6 cm³/mol. The highest BCUT2D eigenvalue weighted by molar-refractivity contribution is 7.94. The van der Waals surface area contributed by atoms with Crippen LogP contribution in [0.4, 0.5) is 18.9 Å². The summed E-state index contributed by atoms with van der Waals surface area (Å²) in [6, 6.07) is 1.83. The molecule has 0 fully saturated rings. The van der Waals surface area contributed by atoms with Gasteiger partial charge in [0, 0.05) is 6.26 Å². The van der Waals surface area contributed by atoms with E-state index in [1.54, 1.807) is 0 Å². The molecule has 1 aromatic carbocycles. The van der Waals surface area contributed by atoms with Crippen LogP contribution < -0.4 is 5.73 Å². The first-order valence-electron chi connectivity index (χ1n) is 5.20. The second kappa shape index (κ2) is 5.24. The molecule has 0 saturated heterocycles. The highest BCUT2D eigenvalue weighted by atomic mass is 32.2. The number of halogens is 3. The standard InChI is InChI=1S/C10H12F3NO4S2/c1-19(15,16)4-5-20(17,18)9-3-2-7(6-8(9)14)10(11,12)13/h2-3,6H,4-5,14H2,1H3. The van der Waals surface area contributed by atoms with Crippen molar-refractivity contribution in [2.75, 3.05) is 23.5 Å². The molecule has 0 radical (unpaired) electrons. The first kappa shape index (κ1) is 16.8. The second-order valence-electron chi connectivity index (χ2n) is 4.20. The maximum Gasteiger partial charge on any atom is 0.416 e. The third kappa shape index (κ3) is 4.37. The van der Waals surface area contributed by atoms with E-state index in [9.17, 15) is 30.0 Å². The second-order valence-corrected chi connectivity index (χ2v) is 8.54. The summed E-state index contributed by atoms with van der Waals surface area (Å²) in [5, 5.41) is 0. The van der Waals surface area contributed by atoms with E-state index in [2.05, 4.69) is 0 Å².